The number of hydrogen-bond donors (Lipinski definition) is 1. The van der Waals surface area contributed by atoms with E-state index in [-0.39, 0.29) is 5.91 Å². The molecule has 2 heterocycles. The van der Waals surface area contributed by atoms with Gasteiger partial charge in [-0.2, -0.15) is 4.37 Å². The highest BCUT2D eigenvalue weighted by molar-refractivity contribution is 9.10. The molecule has 0 bridgehead atoms. The standard InChI is InChI=1S/C16H20BrN5OS/c1-2-14-19-16(24-20-14)22-9-7-21(8-10-22)11-15(23)18-13-5-3-12(17)4-6-13/h3-6H,2,7-11H2,1H3,(H,18,23). The number of hydrogen-bond acceptors (Lipinski definition) is 6. The molecule has 8 heteroatoms. The molecule has 0 unspecified atom stereocenters. The Kier molecular flexibility index (Phi) is 5.80. The van der Waals surface area contributed by atoms with Crippen LogP contribution in [0.25, 0.3) is 0 Å². The van der Waals surface area contributed by atoms with Crippen LogP contribution in [0.4, 0.5) is 10.8 Å². The molecular formula is C16H20BrN5OS. The molecule has 128 valence electrons. The fourth-order valence-electron chi connectivity index (χ4n) is 2.55. The molecule has 1 aromatic heterocycles. The summed E-state index contributed by atoms with van der Waals surface area (Å²) in [4.78, 5) is 21.1. The van der Waals surface area contributed by atoms with E-state index in [2.05, 4.69) is 47.3 Å². The largest absolute Gasteiger partial charge is 0.344 e. The second-order valence-electron chi connectivity index (χ2n) is 5.66. The van der Waals surface area contributed by atoms with Crippen molar-refractivity contribution in [2.45, 2.75) is 13.3 Å². The molecule has 0 atom stereocenters. The Morgan fingerprint density at radius 1 is 1.25 bits per heavy atom. The van der Waals surface area contributed by atoms with E-state index >= 15 is 0 Å². The smallest absolute Gasteiger partial charge is 0.238 e. The van der Waals surface area contributed by atoms with Gasteiger partial charge in [-0.25, -0.2) is 4.98 Å². The van der Waals surface area contributed by atoms with Crippen LogP contribution in [0.2, 0.25) is 0 Å². The highest BCUT2D eigenvalue weighted by Gasteiger charge is 2.21. The Labute approximate surface area is 154 Å². The number of aromatic nitrogens is 2. The Morgan fingerprint density at radius 2 is 1.96 bits per heavy atom. The van der Waals surface area contributed by atoms with Crippen LogP contribution in [0.3, 0.4) is 0 Å². The number of rotatable bonds is 5. The van der Waals surface area contributed by atoms with Gasteiger partial charge in [0.05, 0.1) is 6.54 Å². The molecule has 1 saturated heterocycles. The molecule has 0 spiro atoms. The molecule has 3 rings (SSSR count). The summed E-state index contributed by atoms with van der Waals surface area (Å²) in [6.07, 6.45) is 0.868. The second kappa shape index (κ2) is 8.04. The Morgan fingerprint density at radius 3 is 2.58 bits per heavy atom. The third-order valence-corrected chi connectivity index (χ3v) is 5.26. The van der Waals surface area contributed by atoms with Gasteiger partial charge in [0.2, 0.25) is 11.0 Å². The molecular weight excluding hydrogens is 390 g/mol. The topological polar surface area (TPSA) is 61.4 Å². The van der Waals surface area contributed by atoms with Crippen molar-refractivity contribution >= 4 is 44.2 Å². The molecule has 1 aliphatic heterocycles. The number of carbonyl (C=O) groups excluding carboxylic acids is 1. The number of nitrogens with zero attached hydrogens (tertiary/aromatic N) is 4. The third kappa shape index (κ3) is 4.52. The summed E-state index contributed by atoms with van der Waals surface area (Å²) in [5.41, 5.74) is 0.822. The molecule has 1 N–H and O–H groups in total. The average Bonchev–Trinajstić information content (AvgIpc) is 3.07. The number of anilines is 2. The van der Waals surface area contributed by atoms with Gasteiger partial charge in [0.15, 0.2) is 0 Å². The zero-order valence-corrected chi connectivity index (χ0v) is 15.9. The zero-order valence-electron chi connectivity index (χ0n) is 13.5. The summed E-state index contributed by atoms with van der Waals surface area (Å²) in [5.74, 6) is 0.932. The zero-order chi connectivity index (χ0) is 16.9. The summed E-state index contributed by atoms with van der Waals surface area (Å²) in [5, 5.41) is 3.93. The minimum atomic E-state index is 0.0231. The van der Waals surface area contributed by atoms with Crippen LogP contribution in [-0.2, 0) is 11.2 Å². The summed E-state index contributed by atoms with van der Waals surface area (Å²) < 4.78 is 5.34. The molecule has 24 heavy (non-hydrogen) atoms. The van der Waals surface area contributed by atoms with Crippen LogP contribution >= 0.6 is 27.5 Å². The number of piperazine rings is 1. The third-order valence-electron chi connectivity index (χ3n) is 3.91. The van der Waals surface area contributed by atoms with Crippen molar-refractivity contribution in [2.75, 3.05) is 42.9 Å². The predicted octanol–water partition coefficient (Wildman–Crippen LogP) is 2.62. The monoisotopic (exact) mass is 409 g/mol. The first kappa shape index (κ1) is 17.3. The molecule has 0 saturated carbocycles. The fraction of sp³-hybridized carbons (Fsp3) is 0.438. The Hall–Kier alpha value is -1.51. The number of carbonyl (C=O) groups is 1. The van der Waals surface area contributed by atoms with Gasteiger partial charge in [-0.05, 0) is 24.3 Å². The molecule has 0 radical (unpaired) electrons. The highest BCUT2D eigenvalue weighted by atomic mass is 79.9. The lowest BCUT2D eigenvalue weighted by atomic mass is 10.3. The number of amides is 1. The minimum Gasteiger partial charge on any atom is -0.344 e. The number of aryl methyl sites for hydroxylation is 1. The van der Waals surface area contributed by atoms with Crippen molar-refractivity contribution < 1.29 is 4.79 Å². The van der Waals surface area contributed by atoms with Gasteiger partial charge in [0, 0.05) is 54.3 Å². The van der Waals surface area contributed by atoms with E-state index in [9.17, 15) is 4.79 Å². The number of halogens is 1. The molecule has 1 aliphatic rings. The van der Waals surface area contributed by atoms with Crippen LogP contribution < -0.4 is 10.2 Å². The van der Waals surface area contributed by atoms with Crippen molar-refractivity contribution in [3.63, 3.8) is 0 Å². The Balaban J connectivity index is 1.46. The van der Waals surface area contributed by atoms with Crippen molar-refractivity contribution in [3.8, 4) is 0 Å². The van der Waals surface area contributed by atoms with E-state index < -0.39 is 0 Å². The molecule has 1 aromatic carbocycles. The van der Waals surface area contributed by atoms with E-state index in [4.69, 9.17) is 0 Å². The number of benzene rings is 1. The lowest BCUT2D eigenvalue weighted by Crippen LogP contribution is -2.48. The van der Waals surface area contributed by atoms with Crippen LogP contribution in [0, 0.1) is 0 Å². The van der Waals surface area contributed by atoms with Crippen LogP contribution in [0.1, 0.15) is 12.7 Å². The minimum absolute atomic E-state index is 0.0231. The fourth-order valence-corrected chi connectivity index (χ4v) is 3.62. The van der Waals surface area contributed by atoms with Gasteiger partial charge >= 0.3 is 0 Å². The van der Waals surface area contributed by atoms with E-state index in [1.807, 2.05) is 24.3 Å². The van der Waals surface area contributed by atoms with Crippen molar-refractivity contribution in [3.05, 3.63) is 34.6 Å². The maximum Gasteiger partial charge on any atom is 0.238 e. The molecule has 1 amide bonds. The SMILES string of the molecule is CCc1nsc(N2CCN(CC(=O)Nc3ccc(Br)cc3)CC2)n1. The second-order valence-corrected chi connectivity index (χ2v) is 7.31. The molecule has 2 aromatic rings. The van der Waals surface area contributed by atoms with Gasteiger partial charge in [0.1, 0.15) is 5.82 Å². The normalized spacial score (nSPS) is 15.5. The lowest BCUT2D eigenvalue weighted by Gasteiger charge is -2.33. The maximum absolute atomic E-state index is 12.2. The van der Waals surface area contributed by atoms with Crippen LogP contribution in [-0.4, -0.2) is 52.9 Å². The van der Waals surface area contributed by atoms with Crippen LogP contribution in [0.5, 0.6) is 0 Å². The predicted molar refractivity (Wildman–Crippen MR) is 101 cm³/mol. The average molecular weight is 410 g/mol. The Bertz CT molecular complexity index is 682. The summed E-state index contributed by atoms with van der Waals surface area (Å²) in [6.45, 7) is 5.95. The molecule has 1 fully saturated rings. The lowest BCUT2D eigenvalue weighted by molar-refractivity contribution is -0.117. The van der Waals surface area contributed by atoms with Crippen LogP contribution in [0.15, 0.2) is 28.7 Å². The first-order valence-corrected chi connectivity index (χ1v) is 9.56. The van der Waals surface area contributed by atoms with Gasteiger partial charge < -0.3 is 10.2 Å². The first-order chi connectivity index (χ1) is 11.6. The summed E-state index contributed by atoms with van der Waals surface area (Å²) >= 11 is 4.85. The van der Waals surface area contributed by atoms with Gasteiger partial charge in [-0.3, -0.25) is 9.69 Å². The van der Waals surface area contributed by atoms with E-state index in [0.717, 1.165) is 53.7 Å². The molecule has 6 nitrogen and oxygen atoms in total. The van der Waals surface area contributed by atoms with Crippen molar-refractivity contribution in [1.29, 1.82) is 0 Å². The first-order valence-electron chi connectivity index (χ1n) is 7.99. The molecule has 0 aliphatic carbocycles. The summed E-state index contributed by atoms with van der Waals surface area (Å²) in [6, 6.07) is 7.61. The van der Waals surface area contributed by atoms with E-state index in [1.54, 1.807) is 0 Å². The van der Waals surface area contributed by atoms with E-state index in [1.165, 1.54) is 11.5 Å². The van der Waals surface area contributed by atoms with Crippen molar-refractivity contribution in [1.82, 2.24) is 14.3 Å². The van der Waals surface area contributed by atoms with Gasteiger partial charge in [-0.1, -0.05) is 22.9 Å². The highest BCUT2D eigenvalue weighted by Crippen LogP contribution is 2.19. The maximum atomic E-state index is 12.2. The quantitative estimate of drug-likeness (QED) is 0.821. The summed E-state index contributed by atoms with van der Waals surface area (Å²) in [7, 11) is 0. The number of nitrogens with one attached hydrogen (secondary N) is 1. The van der Waals surface area contributed by atoms with Gasteiger partial charge in [0.25, 0.3) is 0 Å². The van der Waals surface area contributed by atoms with Crippen molar-refractivity contribution in [2.24, 2.45) is 0 Å². The van der Waals surface area contributed by atoms with E-state index in [0.29, 0.717) is 6.54 Å². The van der Waals surface area contributed by atoms with Gasteiger partial charge in [-0.15, -0.1) is 0 Å².